The van der Waals surface area contributed by atoms with E-state index in [9.17, 15) is 35.9 Å². The number of carbonyl (C=O) groups is 2. The van der Waals surface area contributed by atoms with Gasteiger partial charge in [0, 0.05) is 30.1 Å². The summed E-state index contributed by atoms with van der Waals surface area (Å²) in [5.74, 6) is -0.623. The molecule has 1 unspecified atom stereocenters. The molecule has 7 nitrogen and oxygen atoms in total. The van der Waals surface area contributed by atoms with Crippen molar-refractivity contribution in [2.24, 2.45) is 0 Å². The van der Waals surface area contributed by atoms with E-state index in [1.54, 1.807) is 13.8 Å². The molecule has 2 amide bonds. The molecule has 0 spiro atoms. The number of ether oxygens (including phenoxy) is 2. The molecular weight excluding hydrogens is 516 g/mol. The molecule has 194 valence electrons. The van der Waals surface area contributed by atoms with Gasteiger partial charge < -0.3 is 14.4 Å². The SMILES string of the molecule is C#Cc1nc(C(=O)N(c2cc(OC(C)C)cc(OC(F)(F)F)c2)C2CCN(CC(F)(F)F)C2=O)cs1. The van der Waals surface area contributed by atoms with Crippen LogP contribution >= 0.6 is 11.3 Å². The number of hydrogen-bond acceptors (Lipinski definition) is 6. The first-order chi connectivity index (χ1) is 16.7. The lowest BCUT2D eigenvalue weighted by atomic mass is 10.1. The second-order valence-electron chi connectivity index (χ2n) is 7.91. The lowest BCUT2D eigenvalue weighted by Gasteiger charge is -2.29. The van der Waals surface area contributed by atoms with Crippen molar-refractivity contribution in [1.82, 2.24) is 9.88 Å². The molecular formula is C22H19F6N3O4S. The molecule has 3 rings (SSSR count). The normalized spacial score (nSPS) is 16.3. The van der Waals surface area contributed by atoms with E-state index in [2.05, 4.69) is 15.6 Å². The Labute approximate surface area is 205 Å². The predicted molar refractivity (Wildman–Crippen MR) is 117 cm³/mol. The van der Waals surface area contributed by atoms with E-state index in [4.69, 9.17) is 11.2 Å². The minimum Gasteiger partial charge on any atom is -0.491 e. The van der Waals surface area contributed by atoms with Crippen molar-refractivity contribution in [3.63, 3.8) is 0 Å². The molecule has 1 aromatic carbocycles. The maximum Gasteiger partial charge on any atom is 0.573 e. The van der Waals surface area contributed by atoms with Gasteiger partial charge in [0.05, 0.1) is 11.8 Å². The Morgan fingerprint density at radius 3 is 2.47 bits per heavy atom. The molecule has 1 aliphatic heterocycles. The summed E-state index contributed by atoms with van der Waals surface area (Å²) in [6, 6.07) is 1.51. The highest BCUT2D eigenvalue weighted by Crippen LogP contribution is 2.36. The van der Waals surface area contributed by atoms with Gasteiger partial charge in [-0.3, -0.25) is 14.5 Å². The molecule has 1 aliphatic rings. The van der Waals surface area contributed by atoms with Crippen LogP contribution in [0.15, 0.2) is 23.6 Å². The molecule has 0 radical (unpaired) electrons. The maximum atomic E-state index is 13.4. The number of alkyl halides is 6. The standard InChI is InChI=1S/C22H19F6N3O4S/c1-4-18-29-16(10-36-18)19(32)31(17-5-6-30(20(17)33)11-21(23,24)25)13-7-14(34-12(2)3)9-15(8-13)35-22(26,27)28/h1,7-10,12,17H,5-6,11H2,2-3H3. The van der Waals surface area contributed by atoms with E-state index >= 15 is 0 Å². The van der Waals surface area contributed by atoms with Gasteiger partial charge in [0.1, 0.15) is 29.8 Å². The molecule has 2 aromatic rings. The number of aromatic nitrogens is 1. The monoisotopic (exact) mass is 535 g/mol. The highest BCUT2D eigenvalue weighted by molar-refractivity contribution is 7.10. The van der Waals surface area contributed by atoms with Crippen molar-refractivity contribution in [3.05, 3.63) is 34.3 Å². The van der Waals surface area contributed by atoms with Gasteiger partial charge in [-0.05, 0) is 26.2 Å². The number of hydrogen-bond donors (Lipinski definition) is 0. The average molecular weight is 535 g/mol. The average Bonchev–Trinajstić information content (AvgIpc) is 3.33. The summed E-state index contributed by atoms with van der Waals surface area (Å²) < 4.78 is 87.2. The first kappa shape index (κ1) is 27.1. The van der Waals surface area contributed by atoms with Crippen LogP contribution in [0.5, 0.6) is 11.5 Å². The van der Waals surface area contributed by atoms with Crippen LogP contribution in [0.1, 0.15) is 35.8 Å². The fraction of sp³-hybridized carbons (Fsp3) is 0.409. The number of terminal acetylenes is 1. The zero-order valence-electron chi connectivity index (χ0n) is 18.8. The van der Waals surface area contributed by atoms with Crippen LogP contribution in [0.2, 0.25) is 0 Å². The number of halogens is 6. The van der Waals surface area contributed by atoms with Gasteiger partial charge in [-0.2, -0.15) is 13.2 Å². The Morgan fingerprint density at radius 2 is 1.92 bits per heavy atom. The molecule has 14 heteroatoms. The number of likely N-dealkylation sites (tertiary alicyclic amines) is 1. The zero-order valence-corrected chi connectivity index (χ0v) is 19.6. The van der Waals surface area contributed by atoms with Crippen LogP contribution in [0, 0.1) is 12.3 Å². The predicted octanol–water partition coefficient (Wildman–Crippen LogP) is 4.62. The maximum absolute atomic E-state index is 13.4. The Bertz CT molecular complexity index is 1170. The van der Waals surface area contributed by atoms with Gasteiger partial charge in [-0.1, -0.05) is 0 Å². The van der Waals surface area contributed by atoms with E-state index in [1.165, 1.54) is 11.4 Å². The number of thiazole rings is 1. The molecule has 0 aliphatic carbocycles. The fourth-order valence-corrected chi connectivity index (χ4v) is 4.16. The van der Waals surface area contributed by atoms with Crippen LogP contribution in [0.4, 0.5) is 32.0 Å². The van der Waals surface area contributed by atoms with E-state index in [0.717, 1.165) is 28.4 Å². The van der Waals surface area contributed by atoms with Gasteiger partial charge >= 0.3 is 12.5 Å². The summed E-state index contributed by atoms with van der Waals surface area (Å²) in [5, 5.41) is 1.40. The molecule has 0 saturated carbocycles. The second-order valence-corrected chi connectivity index (χ2v) is 8.77. The minimum atomic E-state index is -5.09. The fourth-order valence-electron chi connectivity index (χ4n) is 3.56. The van der Waals surface area contributed by atoms with E-state index < -0.39 is 48.8 Å². The number of rotatable bonds is 7. The molecule has 36 heavy (non-hydrogen) atoms. The number of benzene rings is 1. The summed E-state index contributed by atoms with van der Waals surface area (Å²) in [4.78, 5) is 31.6. The summed E-state index contributed by atoms with van der Waals surface area (Å²) in [6.07, 6.45) is -5.20. The minimum absolute atomic E-state index is 0.118. The van der Waals surface area contributed by atoms with Crippen molar-refractivity contribution in [2.45, 2.75) is 45.0 Å². The zero-order chi connectivity index (χ0) is 26.8. The summed E-state index contributed by atoms with van der Waals surface area (Å²) in [5.41, 5.74) is -0.497. The molecule has 1 atom stereocenters. The first-order valence-electron chi connectivity index (χ1n) is 10.4. The van der Waals surface area contributed by atoms with E-state index in [-0.39, 0.29) is 35.1 Å². The van der Waals surface area contributed by atoms with Gasteiger partial charge in [0.15, 0.2) is 5.01 Å². The van der Waals surface area contributed by atoms with Gasteiger partial charge in [0.2, 0.25) is 5.91 Å². The number of anilines is 1. The summed E-state index contributed by atoms with van der Waals surface area (Å²) in [7, 11) is 0. The smallest absolute Gasteiger partial charge is 0.491 e. The third-order valence-corrected chi connectivity index (χ3v) is 5.54. The molecule has 1 saturated heterocycles. The summed E-state index contributed by atoms with van der Waals surface area (Å²) in [6.45, 7) is 1.34. The Kier molecular flexibility index (Phi) is 7.73. The van der Waals surface area contributed by atoms with Crippen LogP contribution < -0.4 is 14.4 Å². The Hall–Kier alpha value is -3.47. The lowest BCUT2D eigenvalue weighted by Crippen LogP contribution is -2.47. The number of carbonyl (C=O) groups excluding carboxylic acids is 2. The third kappa shape index (κ3) is 6.81. The molecule has 0 bridgehead atoms. The highest BCUT2D eigenvalue weighted by Gasteiger charge is 2.44. The van der Waals surface area contributed by atoms with Crippen LogP contribution in [0.3, 0.4) is 0 Å². The van der Waals surface area contributed by atoms with Gasteiger partial charge in [-0.15, -0.1) is 30.9 Å². The van der Waals surface area contributed by atoms with Gasteiger partial charge in [0.25, 0.3) is 5.91 Å². The first-order valence-corrected chi connectivity index (χ1v) is 11.2. The van der Waals surface area contributed by atoms with Crippen LogP contribution in [0.25, 0.3) is 0 Å². The topological polar surface area (TPSA) is 72.0 Å². The van der Waals surface area contributed by atoms with E-state index in [1.807, 2.05) is 0 Å². The summed E-state index contributed by atoms with van der Waals surface area (Å²) >= 11 is 0.928. The van der Waals surface area contributed by atoms with Crippen molar-refractivity contribution in [2.75, 3.05) is 18.0 Å². The highest BCUT2D eigenvalue weighted by atomic mass is 32.1. The quantitative estimate of drug-likeness (QED) is 0.382. The van der Waals surface area contributed by atoms with Crippen molar-refractivity contribution < 1.29 is 45.4 Å². The second kappa shape index (κ2) is 10.3. The van der Waals surface area contributed by atoms with Crippen LogP contribution in [-0.4, -0.2) is 59.5 Å². The molecule has 1 fully saturated rings. The van der Waals surface area contributed by atoms with Gasteiger partial charge in [-0.25, -0.2) is 4.98 Å². The molecule has 1 aromatic heterocycles. The third-order valence-electron chi connectivity index (χ3n) is 4.76. The Balaban J connectivity index is 2.11. The molecule has 2 heterocycles. The lowest BCUT2D eigenvalue weighted by molar-refractivity contribution is -0.274. The molecule has 0 N–H and O–H groups in total. The van der Waals surface area contributed by atoms with E-state index in [0.29, 0.717) is 4.90 Å². The van der Waals surface area contributed by atoms with Crippen molar-refractivity contribution in [3.8, 4) is 23.8 Å². The van der Waals surface area contributed by atoms with Crippen molar-refractivity contribution >= 4 is 28.8 Å². The number of nitrogens with zero attached hydrogens (tertiary/aromatic N) is 3. The van der Waals surface area contributed by atoms with Crippen molar-refractivity contribution in [1.29, 1.82) is 0 Å². The van der Waals surface area contributed by atoms with Crippen LogP contribution in [-0.2, 0) is 4.79 Å². The largest absolute Gasteiger partial charge is 0.573 e. The Morgan fingerprint density at radius 1 is 1.25 bits per heavy atom. The number of amides is 2.